The molecule has 0 spiro atoms. The zero-order valence-electron chi connectivity index (χ0n) is 7.40. The van der Waals surface area contributed by atoms with Gasteiger partial charge in [-0.1, -0.05) is 4.49 Å². The van der Waals surface area contributed by atoms with Gasteiger partial charge in [0.1, 0.15) is 5.00 Å². The number of carbonyl (C=O) groups is 1. The lowest BCUT2D eigenvalue weighted by atomic mass is 9.93. The molecular formula is C7H11ClN4OS. The maximum absolute atomic E-state index is 11.4. The molecule has 3 N–H and O–H groups in total. The zero-order chi connectivity index (χ0) is 9.26. The molecule has 0 atom stereocenters. The van der Waals surface area contributed by atoms with Gasteiger partial charge in [0.15, 0.2) is 5.69 Å². The number of hydrogen-bond acceptors (Lipinski definition) is 5. The van der Waals surface area contributed by atoms with E-state index in [4.69, 9.17) is 5.73 Å². The van der Waals surface area contributed by atoms with Crippen molar-refractivity contribution in [1.29, 1.82) is 0 Å². The van der Waals surface area contributed by atoms with Crippen LogP contribution in [0.25, 0.3) is 0 Å². The second-order valence-electron chi connectivity index (χ2n) is 3.09. The molecule has 0 aromatic carbocycles. The first-order valence-electron chi connectivity index (χ1n) is 4.16. The number of nitrogens with one attached hydrogen (secondary N) is 1. The Bertz CT molecular complexity index is 325. The largest absolute Gasteiger partial charge is 0.387 e. The van der Waals surface area contributed by atoms with Crippen LogP contribution in [0.5, 0.6) is 0 Å². The van der Waals surface area contributed by atoms with Crippen molar-refractivity contribution in [2.75, 3.05) is 5.73 Å². The number of rotatable bonds is 2. The number of amides is 1. The summed E-state index contributed by atoms with van der Waals surface area (Å²) in [5, 5.41) is 6.89. The van der Waals surface area contributed by atoms with E-state index in [1.54, 1.807) is 0 Å². The smallest absolute Gasteiger partial charge is 0.275 e. The molecule has 5 nitrogen and oxygen atoms in total. The van der Waals surface area contributed by atoms with Crippen molar-refractivity contribution in [2.45, 2.75) is 25.3 Å². The fourth-order valence-electron chi connectivity index (χ4n) is 1.16. The summed E-state index contributed by atoms with van der Waals surface area (Å²) in [7, 11) is 0. The lowest BCUT2D eigenvalue weighted by Gasteiger charge is -2.25. The van der Waals surface area contributed by atoms with Gasteiger partial charge in [0.05, 0.1) is 0 Å². The van der Waals surface area contributed by atoms with E-state index in [2.05, 4.69) is 14.9 Å². The van der Waals surface area contributed by atoms with Gasteiger partial charge in [-0.15, -0.1) is 17.5 Å². The molecule has 0 aliphatic heterocycles. The molecule has 1 aliphatic carbocycles. The molecule has 78 valence electrons. The van der Waals surface area contributed by atoms with Crippen LogP contribution in [0.2, 0.25) is 0 Å². The van der Waals surface area contributed by atoms with Crippen LogP contribution in [0.4, 0.5) is 5.00 Å². The molecule has 0 unspecified atom stereocenters. The summed E-state index contributed by atoms with van der Waals surface area (Å²) in [6.07, 6.45) is 3.31. The first-order valence-corrected chi connectivity index (χ1v) is 4.93. The van der Waals surface area contributed by atoms with Crippen LogP contribution in [-0.4, -0.2) is 21.5 Å². The molecule has 1 aromatic rings. The predicted molar refractivity (Wildman–Crippen MR) is 56.7 cm³/mol. The minimum atomic E-state index is -0.198. The lowest BCUT2D eigenvalue weighted by molar-refractivity contribution is 0.0913. The first kappa shape index (κ1) is 11.2. The fraction of sp³-hybridized carbons (Fsp3) is 0.571. The monoisotopic (exact) mass is 234 g/mol. The predicted octanol–water partition coefficient (Wildman–Crippen LogP) is 0.824. The molecule has 1 amide bonds. The Labute approximate surface area is 91.6 Å². The van der Waals surface area contributed by atoms with E-state index in [0.29, 0.717) is 11.0 Å². The Morgan fingerprint density at radius 2 is 2.29 bits per heavy atom. The fourth-order valence-corrected chi connectivity index (χ4v) is 1.59. The van der Waals surface area contributed by atoms with E-state index in [1.165, 1.54) is 6.42 Å². The van der Waals surface area contributed by atoms with E-state index in [0.717, 1.165) is 24.4 Å². The quantitative estimate of drug-likeness (QED) is 0.794. The SMILES string of the molecule is Cl.Nc1snnc1C(=O)NC1CCC1. The van der Waals surface area contributed by atoms with E-state index in [1.807, 2.05) is 0 Å². The molecule has 2 rings (SSSR count). The maximum Gasteiger partial charge on any atom is 0.275 e. The second kappa shape index (κ2) is 4.56. The Hall–Kier alpha value is -0.880. The number of anilines is 1. The third-order valence-corrected chi connectivity index (χ3v) is 2.72. The number of hydrogen-bond donors (Lipinski definition) is 2. The number of nitrogens with zero attached hydrogens (tertiary/aromatic N) is 2. The average molecular weight is 235 g/mol. The number of carbonyl (C=O) groups excluding carboxylic acids is 1. The van der Waals surface area contributed by atoms with Gasteiger partial charge >= 0.3 is 0 Å². The molecule has 0 radical (unpaired) electrons. The Balaban J connectivity index is 0.000000980. The van der Waals surface area contributed by atoms with Crippen molar-refractivity contribution in [1.82, 2.24) is 14.9 Å². The zero-order valence-corrected chi connectivity index (χ0v) is 9.03. The normalized spacial score (nSPS) is 15.4. The summed E-state index contributed by atoms with van der Waals surface area (Å²) in [5.41, 5.74) is 5.77. The van der Waals surface area contributed by atoms with Gasteiger partial charge in [-0.25, -0.2) is 0 Å². The number of aromatic nitrogens is 2. The van der Waals surface area contributed by atoms with E-state index in [9.17, 15) is 4.79 Å². The summed E-state index contributed by atoms with van der Waals surface area (Å²) in [6.45, 7) is 0. The van der Waals surface area contributed by atoms with Crippen molar-refractivity contribution in [3.63, 3.8) is 0 Å². The van der Waals surface area contributed by atoms with Gasteiger partial charge in [0, 0.05) is 17.6 Å². The van der Waals surface area contributed by atoms with E-state index >= 15 is 0 Å². The van der Waals surface area contributed by atoms with E-state index < -0.39 is 0 Å². The van der Waals surface area contributed by atoms with Gasteiger partial charge in [-0.05, 0) is 19.3 Å². The van der Waals surface area contributed by atoms with Crippen molar-refractivity contribution >= 4 is 34.8 Å². The van der Waals surface area contributed by atoms with Gasteiger partial charge in [0.2, 0.25) is 0 Å². The number of halogens is 1. The summed E-state index contributed by atoms with van der Waals surface area (Å²) in [4.78, 5) is 11.4. The minimum absolute atomic E-state index is 0. The highest BCUT2D eigenvalue weighted by atomic mass is 35.5. The molecular weight excluding hydrogens is 224 g/mol. The summed E-state index contributed by atoms with van der Waals surface area (Å²) in [6, 6.07) is 0.314. The van der Waals surface area contributed by atoms with Gasteiger partial charge in [0.25, 0.3) is 5.91 Å². The van der Waals surface area contributed by atoms with Crippen LogP contribution in [0.3, 0.4) is 0 Å². The third-order valence-electron chi connectivity index (χ3n) is 2.17. The molecule has 14 heavy (non-hydrogen) atoms. The van der Waals surface area contributed by atoms with Crippen LogP contribution in [-0.2, 0) is 0 Å². The molecule has 1 aliphatic rings. The topological polar surface area (TPSA) is 80.9 Å². The maximum atomic E-state index is 11.4. The molecule has 1 fully saturated rings. The van der Waals surface area contributed by atoms with Gasteiger partial charge in [-0.2, -0.15) is 0 Å². The summed E-state index contributed by atoms with van der Waals surface area (Å²) < 4.78 is 3.60. The summed E-state index contributed by atoms with van der Waals surface area (Å²) in [5.74, 6) is -0.198. The van der Waals surface area contributed by atoms with Crippen molar-refractivity contribution < 1.29 is 4.79 Å². The molecule has 1 saturated carbocycles. The van der Waals surface area contributed by atoms with Crippen molar-refractivity contribution in [3.8, 4) is 0 Å². The molecule has 1 aromatic heterocycles. The number of nitrogen functional groups attached to an aromatic ring is 1. The standard InChI is InChI=1S/C7H10N4OS.ClH/c8-6-5(10-11-13-6)7(12)9-4-2-1-3-4;/h4H,1-3,8H2,(H,9,12);1H. The van der Waals surface area contributed by atoms with Crippen LogP contribution >= 0.6 is 23.9 Å². The van der Waals surface area contributed by atoms with Crippen molar-refractivity contribution in [3.05, 3.63) is 5.69 Å². The van der Waals surface area contributed by atoms with Crippen molar-refractivity contribution in [2.24, 2.45) is 0 Å². The molecule has 0 saturated heterocycles. The molecule has 0 bridgehead atoms. The highest BCUT2D eigenvalue weighted by molar-refractivity contribution is 7.10. The third kappa shape index (κ3) is 2.13. The van der Waals surface area contributed by atoms with Crippen LogP contribution in [0.15, 0.2) is 0 Å². The van der Waals surface area contributed by atoms with Gasteiger partial charge < -0.3 is 11.1 Å². The highest BCUT2D eigenvalue weighted by Gasteiger charge is 2.22. The minimum Gasteiger partial charge on any atom is -0.387 e. The van der Waals surface area contributed by atoms with Gasteiger partial charge in [-0.3, -0.25) is 4.79 Å². The Morgan fingerprint density at radius 1 is 1.57 bits per heavy atom. The number of nitrogens with two attached hydrogens (primary N) is 1. The molecule has 7 heteroatoms. The lowest BCUT2D eigenvalue weighted by Crippen LogP contribution is -2.39. The Kier molecular flexibility index (Phi) is 3.65. The second-order valence-corrected chi connectivity index (χ2v) is 3.87. The Morgan fingerprint density at radius 3 is 2.71 bits per heavy atom. The molecule has 1 heterocycles. The van der Waals surface area contributed by atoms with Crippen LogP contribution in [0, 0.1) is 0 Å². The average Bonchev–Trinajstić information content (AvgIpc) is 2.43. The summed E-state index contributed by atoms with van der Waals surface area (Å²) >= 11 is 1.04. The van der Waals surface area contributed by atoms with Crippen LogP contribution in [0.1, 0.15) is 29.8 Å². The first-order chi connectivity index (χ1) is 6.27. The highest BCUT2D eigenvalue weighted by Crippen LogP contribution is 2.19. The van der Waals surface area contributed by atoms with Crippen LogP contribution < -0.4 is 11.1 Å². The van der Waals surface area contributed by atoms with E-state index in [-0.39, 0.29) is 24.0 Å².